The molecule has 0 spiro atoms. The summed E-state index contributed by atoms with van der Waals surface area (Å²) >= 11 is 0. The molecule has 1 aromatic heterocycles. The van der Waals surface area contributed by atoms with Crippen molar-refractivity contribution in [2.45, 2.75) is 13.0 Å². The highest BCUT2D eigenvalue weighted by Crippen LogP contribution is 2.09. The Hall–Kier alpha value is -1.79. The van der Waals surface area contributed by atoms with Crippen LogP contribution in [0.25, 0.3) is 0 Å². The highest BCUT2D eigenvalue weighted by atomic mass is 79.9. The molecule has 2 nitrogen and oxygen atoms in total. The number of phenolic OH excluding ortho intramolecular Hbond substituents is 1. The number of rotatable bonds is 3. The molecule has 1 heterocycles. The molecule has 0 aliphatic carbocycles. The van der Waals surface area contributed by atoms with E-state index in [2.05, 4.69) is 5.92 Å². The van der Waals surface area contributed by atoms with Gasteiger partial charge in [-0.15, -0.1) is 6.42 Å². The zero-order valence-electron chi connectivity index (χ0n) is 9.88. The second-order valence-corrected chi connectivity index (χ2v) is 3.84. The fourth-order valence-electron chi connectivity index (χ4n) is 1.71. The first-order valence-electron chi connectivity index (χ1n) is 5.52. The van der Waals surface area contributed by atoms with Crippen molar-refractivity contribution in [2.75, 3.05) is 0 Å². The maximum atomic E-state index is 9.19. The number of benzene rings is 1. The smallest absolute Gasteiger partial charge is 0.256 e. The van der Waals surface area contributed by atoms with Crippen LogP contribution in [0.1, 0.15) is 11.3 Å². The fourth-order valence-corrected chi connectivity index (χ4v) is 1.71. The van der Waals surface area contributed by atoms with Crippen LogP contribution in [0.3, 0.4) is 0 Å². The molecule has 0 aliphatic rings. The molecule has 92 valence electrons. The molecule has 0 aliphatic heterocycles. The predicted molar refractivity (Wildman–Crippen MR) is 66.4 cm³/mol. The van der Waals surface area contributed by atoms with Gasteiger partial charge in [-0.05, 0) is 29.7 Å². The Morgan fingerprint density at radius 3 is 2.50 bits per heavy atom. The summed E-state index contributed by atoms with van der Waals surface area (Å²) in [6.07, 6.45) is 8.31. The number of halogens is 1. The molecule has 2 rings (SSSR count). The van der Waals surface area contributed by atoms with Crippen LogP contribution in [0.15, 0.2) is 48.7 Å². The summed E-state index contributed by atoms with van der Waals surface area (Å²) in [4.78, 5) is 0. The Morgan fingerprint density at radius 1 is 1.11 bits per heavy atom. The van der Waals surface area contributed by atoms with E-state index in [1.54, 1.807) is 12.1 Å². The zero-order valence-corrected chi connectivity index (χ0v) is 11.5. The Labute approximate surface area is 118 Å². The zero-order chi connectivity index (χ0) is 12.1. The molecule has 0 radical (unpaired) electrons. The average Bonchev–Trinajstić information content (AvgIpc) is 2.38. The van der Waals surface area contributed by atoms with Gasteiger partial charge in [0.15, 0.2) is 12.7 Å². The lowest BCUT2D eigenvalue weighted by Gasteiger charge is -2.00. The van der Waals surface area contributed by atoms with Crippen molar-refractivity contribution in [2.24, 2.45) is 0 Å². The second-order valence-electron chi connectivity index (χ2n) is 3.84. The highest BCUT2D eigenvalue weighted by Gasteiger charge is 2.06. The van der Waals surface area contributed by atoms with Gasteiger partial charge in [-0.3, -0.25) is 0 Å². The average molecular weight is 304 g/mol. The van der Waals surface area contributed by atoms with Gasteiger partial charge in [0, 0.05) is 18.6 Å². The lowest BCUT2D eigenvalue weighted by molar-refractivity contribution is -0.698. The topological polar surface area (TPSA) is 24.1 Å². The van der Waals surface area contributed by atoms with Gasteiger partial charge in [0.25, 0.3) is 5.69 Å². The third-order valence-electron chi connectivity index (χ3n) is 2.67. The molecule has 0 saturated heterocycles. The first-order valence-corrected chi connectivity index (χ1v) is 5.52. The summed E-state index contributed by atoms with van der Waals surface area (Å²) in [5.74, 6) is 2.96. The third-order valence-corrected chi connectivity index (χ3v) is 2.67. The van der Waals surface area contributed by atoms with Gasteiger partial charge in [-0.25, -0.2) is 0 Å². The van der Waals surface area contributed by atoms with Gasteiger partial charge in [0.1, 0.15) is 5.75 Å². The normalized spacial score (nSPS) is 9.28. The van der Waals surface area contributed by atoms with Crippen molar-refractivity contribution < 1.29 is 26.7 Å². The molecule has 0 bridgehead atoms. The Bertz CT molecular complexity index is 543. The summed E-state index contributed by atoms with van der Waals surface area (Å²) in [6.45, 7) is 0.838. The SMILES string of the molecule is C#Cc1cccc[n+]1CCc1ccc(O)cc1.[Br-]. The van der Waals surface area contributed by atoms with Crippen molar-refractivity contribution in [1.29, 1.82) is 0 Å². The molecule has 0 saturated carbocycles. The van der Waals surface area contributed by atoms with Crippen molar-refractivity contribution in [3.05, 3.63) is 59.9 Å². The number of phenols is 1. The highest BCUT2D eigenvalue weighted by molar-refractivity contribution is 5.25. The number of nitrogens with zero attached hydrogens (tertiary/aromatic N) is 1. The van der Waals surface area contributed by atoms with E-state index >= 15 is 0 Å². The van der Waals surface area contributed by atoms with Crippen LogP contribution in [0.5, 0.6) is 5.75 Å². The van der Waals surface area contributed by atoms with Gasteiger partial charge >= 0.3 is 0 Å². The molecule has 0 atom stereocenters. The number of aryl methyl sites for hydroxylation is 2. The molecule has 2 aromatic rings. The molecular weight excluding hydrogens is 290 g/mol. The van der Waals surface area contributed by atoms with Gasteiger partial charge < -0.3 is 22.1 Å². The van der Waals surface area contributed by atoms with E-state index in [0.717, 1.165) is 18.7 Å². The van der Waals surface area contributed by atoms with Crippen molar-refractivity contribution >= 4 is 0 Å². The van der Waals surface area contributed by atoms with Crippen molar-refractivity contribution in [3.63, 3.8) is 0 Å². The van der Waals surface area contributed by atoms with Crippen LogP contribution in [-0.4, -0.2) is 5.11 Å². The van der Waals surface area contributed by atoms with Crippen LogP contribution >= 0.6 is 0 Å². The monoisotopic (exact) mass is 303 g/mol. The number of terminal acetylenes is 1. The minimum absolute atomic E-state index is 0. The molecule has 0 fully saturated rings. The second kappa shape index (κ2) is 6.83. The summed E-state index contributed by atoms with van der Waals surface area (Å²) in [6, 6.07) is 13.1. The first-order chi connectivity index (χ1) is 8.29. The number of pyridine rings is 1. The van der Waals surface area contributed by atoms with Crippen LogP contribution in [0.4, 0.5) is 0 Å². The van der Waals surface area contributed by atoms with E-state index in [4.69, 9.17) is 6.42 Å². The minimum atomic E-state index is 0. The maximum absolute atomic E-state index is 9.19. The van der Waals surface area contributed by atoms with Crippen LogP contribution in [0.2, 0.25) is 0 Å². The van der Waals surface area contributed by atoms with Gasteiger partial charge in [-0.2, -0.15) is 4.57 Å². The molecular formula is C15H14BrNO. The van der Waals surface area contributed by atoms with E-state index < -0.39 is 0 Å². The minimum Gasteiger partial charge on any atom is -1.00 e. The van der Waals surface area contributed by atoms with E-state index in [1.807, 2.05) is 41.1 Å². The first kappa shape index (κ1) is 14.3. The van der Waals surface area contributed by atoms with E-state index in [-0.39, 0.29) is 17.0 Å². The van der Waals surface area contributed by atoms with Gasteiger partial charge in [0.05, 0.1) is 0 Å². The standard InChI is InChI=1S/C15H13NO.BrH/c1-2-14-5-3-4-11-16(14)12-10-13-6-8-15(17)9-7-13;/h1,3-9,11H,10,12H2;1H. The summed E-state index contributed by atoms with van der Waals surface area (Å²) < 4.78 is 2.05. The van der Waals surface area contributed by atoms with Crippen LogP contribution < -0.4 is 21.5 Å². The predicted octanol–water partition coefficient (Wildman–Crippen LogP) is -1.09. The lowest BCUT2D eigenvalue weighted by atomic mass is 10.1. The Morgan fingerprint density at radius 2 is 1.83 bits per heavy atom. The van der Waals surface area contributed by atoms with Crippen LogP contribution in [0, 0.1) is 12.3 Å². The number of hydrogen-bond acceptors (Lipinski definition) is 1. The Kier molecular flexibility index (Phi) is 5.41. The van der Waals surface area contributed by atoms with E-state index in [0.29, 0.717) is 5.75 Å². The van der Waals surface area contributed by atoms with Gasteiger partial charge in [-0.1, -0.05) is 12.1 Å². The van der Waals surface area contributed by atoms with Crippen molar-refractivity contribution in [3.8, 4) is 18.1 Å². The van der Waals surface area contributed by atoms with Gasteiger partial charge in [0.2, 0.25) is 0 Å². The Balaban J connectivity index is 0.00000162. The van der Waals surface area contributed by atoms with E-state index in [9.17, 15) is 5.11 Å². The molecule has 0 unspecified atom stereocenters. The number of hydrogen-bond donors (Lipinski definition) is 1. The maximum Gasteiger partial charge on any atom is 0.256 e. The number of aromatic hydroxyl groups is 1. The largest absolute Gasteiger partial charge is 1.00 e. The summed E-state index contributed by atoms with van der Waals surface area (Å²) in [5, 5.41) is 9.19. The molecule has 18 heavy (non-hydrogen) atoms. The quantitative estimate of drug-likeness (QED) is 0.565. The molecule has 3 heteroatoms. The van der Waals surface area contributed by atoms with Crippen LogP contribution in [-0.2, 0) is 13.0 Å². The molecule has 1 aromatic carbocycles. The summed E-state index contributed by atoms with van der Waals surface area (Å²) in [7, 11) is 0. The van der Waals surface area contributed by atoms with E-state index in [1.165, 1.54) is 5.56 Å². The lowest BCUT2D eigenvalue weighted by Crippen LogP contribution is -3.00. The molecule has 1 N–H and O–H groups in total. The summed E-state index contributed by atoms with van der Waals surface area (Å²) in [5.41, 5.74) is 2.06. The van der Waals surface area contributed by atoms with Crippen molar-refractivity contribution in [1.82, 2.24) is 0 Å². The third kappa shape index (κ3) is 3.61. The fraction of sp³-hybridized carbons (Fsp3) is 0.133. The molecule has 0 amide bonds. The number of aromatic nitrogens is 1.